The number of aromatic nitrogens is 1. The van der Waals surface area contributed by atoms with Gasteiger partial charge in [-0.25, -0.2) is 0 Å². The Morgan fingerprint density at radius 1 is 1.47 bits per heavy atom. The molecule has 2 nitrogen and oxygen atoms in total. The van der Waals surface area contributed by atoms with Gasteiger partial charge < -0.3 is 4.52 Å². The lowest BCUT2D eigenvalue weighted by Crippen LogP contribution is -1.94. The van der Waals surface area contributed by atoms with Crippen molar-refractivity contribution >= 4 is 11.6 Å². The minimum Gasteiger partial charge on any atom is -0.359 e. The maximum Gasteiger partial charge on any atom is 0.158 e. The molecule has 0 N–H and O–H groups in total. The van der Waals surface area contributed by atoms with Gasteiger partial charge in [0.15, 0.2) is 5.76 Å². The van der Waals surface area contributed by atoms with Crippen LogP contribution in [0, 0.1) is 0 Å². The van der Waals surface area contributed by atoms with E-state index in [0.29, 0.717) is 11.8 Å². The van der Waals surface area contributed by atoms with Gasteiger partial charge in [0, 0.05) is 11.8 Å². The lowest BCUT2D eigenvalue weighted by Gasteiger charge is -2.05. The molecule has 1 aliphatic rings. The smallest absolute Gasteiger partial charge is 0.158 e. The zero-order chi connectivity index (χ0) is 10.8. The van der Waals surface area contributed by atoms with Crippen molar-refractivity contribution in [2.45, 2.75) is 57.8 Å². The highest BCUT2D eigenvalue weighted by atomic mass is 35.5. The number of hydrogen-bond donors (Lipinski definition) is 0. The van der Waals surface area contributed by atoms with Crippen molar-refractivity contribution in [1.29, 1.82) is 0 Å². The standard InChI is InChI=1S/C12H18ClNO/c1-3-8(2)11-10(13)12(15-14-11)9-6-4-5-7-9/h8-9H,3-7H2,1-2H3. The monoisotopic (exact) mass is 227 g/mol. The SMILES string of the molecule is CCC(C)c1noc(C2CCCC2)c1Cl. The molecule has 1 aliphatic carbocycles. The molecule has 15 heavy (non-hydrogen) atoms. The predicted octanol–water partition coefficient (Wildman–Crippen LogP) is 4.50. The van der Waals surface area contributed by atoms with Crippen LogP contribution in [0.1, 0.15) is 69.2 Å². The quantitative estimate of drug-likeness (QED) is 0.760. The van der Waals surface area contributed by atoms with Gasteiger partial charge in [-0.05, 0) is 19.3 Å². The van der Waals surface area contributed by atoms with Crippen LogP contribution >= 0.6 is 11.6 Å². The molecule has 1 saturated carbocycles. The van der Waals surface area contributed by atoms with Gasteiger partial charge in [0.1, 0.15) is 10.7 Å². The van der Waals surface area contributed by atoms with Crippen molar-refractivity contribution in [2.75, 3.05) is 0 Å². The fraction of sp³-hybridized carbons (Fsp3) is 0.750. The summed E-state index contributed by atoms with van der Waals surface area (Å²) in [5.41, 5.74) is 0.945. The van der Waals surface area contributed by atoms with Crippen molar-refractivity contribution in [3.63, 3.8) is 0 Å². The zero-order valence-corrected chi connectivity index (χ0v) is 10.2. The van der Waals surface area contributed by atoms with E-state index in [0.717, 1.165) is 22.9 Å². The molecular weight excluding hydrogens is 210 g/mol. The lowest BCUT2D eigenvalue weighted by molar-refractivity contribution is 0.353. The fourth-order valence-electron chi connectivity index (χ4n) is 2.25. The molecule has 0 amide bonds. The predicted molar refractivity (Wildman–Crippen MR) is 61.4 cm³/mol. The van der Waals surface area contributed by atoms with Crippen LogP contribution in [0.4, 0.5) is 0 Å². The molecule has 3 heteroatoms. The van der Waals surface area contributed by atoms with Gasteiger partial charge in [-0.1, -0.05) is 43.4 Å². The highest BCUT2D eigenvalue weighted by Gasteiger charge is 2.27. The maximum atomic E-state index is 6.32. The lowest BCUT2D eigenvalue weighted by atomic mass is 10.0. The number of halogens is 1. The van der Waals surface area contributed by atoms with E-state index in [1.807, 2.05) is 0 Å². The van der Waals surface area contributed by atoms with Gasteiger partial charge in [-0.15, -0.1) is 0 Å². The van der Waals surface area contributed by atoms with E-state index in [1.54, 1.807) is 0 Å². The third kappa shape index (κ3) is 2.05. The summed E-state index contributed by atoms with van der Waals surface area (Å²) >= 11 is 6.32. The van der Waals surface area contributed by atoms with Crippen molar-refractivity contribution < 1.29 is 4.52 Å². The summed E-state index contributed by atoms with van der Waals surface area (Å²) in [6, 6.07) is 0. The number of hydrogen-bond acceptors (Lipinski definition) is 2. The van der Waals surface area contributed by atoms with Gasteiger partial charge in [-0.3, -0.25) is 0 Å². The van der Waals surface area contributed by atoms with Crippen LogP contribution < -0.4 is 0 Å². The largest absolute Gasteiger partial charge is 0.359 e. The summed E-state index contributed by atoms with van der Waals surface area (Å²) in [5.74, 6) is 1.85. The van der Waals surface area contributed by atoms with Crippen molar-refractivity contribution in [2.24, 2.45) is 0 Å². The van der Waals surface area contributed by atoms with Crippen LogP contribution in [0.2, 0.25) is 5.02 Å². The Bertz CT molecular complexity index is 328. The average Bonchev–Trinajstić information content (AvgIpc) is 2.85. The second-order valence-corrected chi connectivity index (χ2v) is 4.91. The molecule has 0 aliphatic heterocycles. The molecule has 0 spiro atoms. The Morgan fingerprint density at radius 3 is 2.73 bits per heavy atom. The van der Waals surface area contributed by atoms with Crippen LogP contribution in [-0.4, -0.2) is 5.16 Å². The molecule has 1 unspecified atom stereocenters. The molecule has 84 valence electrons. The third-order valence-corrected chi connectivity index (χ3v) is 3.87. The number of rotatable bonds is 3. The second kappa shape index (κ2) is 4.56. The van der Waals surface area contributed by atoms with Crippen molar-refractivity contribution in [3.05, 3.63) is 16.5 Å². The summed E-state index contributed by atoms with van der Waals surface area (Å²) in [6.45, 7) is 4.28. The first kappa shape index (κ1) is 11.0. The van der Waals surface area contributed by atoms with E-state index in [4.69, 9.17) is 16.1 Å². The molecule has 1 atom stereocenters. The normalized spacial score (nSPS) is 19.7. The molecule has 1 fully saturated rings. The third-order valence-electron chi connectivity index (χ3n) is 3.49. The second-order valence-electron chi connectivity index (χ2n) is 4.54. The molecule has 0 radical (unpaired) electrons. The summed E-state index contributed by atoms with van der Waals surface area (Å²) in [5, 5.41) is 4.91. The summed E-state index contributed by atoms with van der Waals surface area (Å²) in [6.07, 6.45) is 6.04. The van der Waals surface area contributed by atoms with Crippen molar-refractivity contribution in [3.8, 4) is 0 Å². The highest BCUT2D eigenvalue weighted by molar-refractivity contribution is 6.31. The molecule has 0 aromatic carbocycles. The van der Waals surface area contributed by atoms with Gasteiger partial charge in [0.05, 0.1) is 0 Å². The Labute approximate surface area is 96.0 Å². The first-order valence-corrected chi connectivity index (χ1v) is 6.26. The molecule has 2 rings (SSSR count). The zero-order valence-electron chi connectivity index (χ0n) is 9.42. The molecular formula is C12H18ClNO. The molecule has 0 saturated heterocycles. The Morgan fingerprint density at radius 2 is 2.13 bits per heavy atom. The summed E-state index contributed by atoms with van der Waals surface area (Å²) < 4.78 is 5.42. The molecule has 1 heterocycles. The Kier molecular flexibility index (Phi) is 3.35. The van der Waals surface area contributed by atoms with Crippen LogP contribution in [0.3, 0.4) is 0 Å². The molecule has 0 bridgehead atoms. The van der Waals surface area contributed by atoms with Crippen LogP contribution in [0.5, 0.6) is 0 Å². The van der Waals surface area contributed by atoms with E-state index in [9.17, 15) is 0 Å². The first-order chi connectivity index (χ1) is 7.24. The Hall–Kier alpha value is -0.500. The van der Waals surface area contributed by atoms with Crippen LogP contribution in [0.25, 0.3) is 0 Å². The minimum atomic E-state index is 0.399. The molecule has 1 aromatic heterocycles. The van der Waals surface area contributed by atoms with E-state index in [1.165, 1.54) is 25.7 Å². The van der Waals surface area contributed by atoms with Crippen LogP contribution in [0.15, 0.2) is 4.52 Å². The average molecular weight is 228 g/mol. The minimum absolute atomic E-state index is 0.399. The summed E-state index contributed by atoms with van der Waals surface area (Å²) in [7, 11) is 0. The van der Waals surface area contributed by atoms with E-state index < -0.39 is 0 Å². The topological polar surface area (TPSA) is 26.0 Å². The highest BCUT2D eigenvalue weighted by Crippen LogP contribution is 2.40. The Balaban J connectivity index is 2.22. The van der Waals surface area contributed by atoms with E-state index in [2.05, 4.69) is 19.0 Å². The van der Waals surface area contributed by atoms with Gasteiger partial charge >= 0.3 is 0 Å². The first-order valence-electron chi connectivity index (χ1n) is 5.89. The van der Waals surface area contributed by atoms with Gasteiger partial charge in [0.25, 0.3) is 0 Å². The van der Waals surface area contributed by atoms with Crippen molar-refractivity contribution in [1.82, 2.24) is 5.16 Å². The molecule has 1 aromatic rings. The van der Waals surface area contributed by atoms with E-state index >= 15 is 0 Å². The van der Waals surface area contributed by atoms with E-state index in [-0.39, 0.29) is 0 Å². The number of nitrogens with zero attached hydrogens (tertiary/aromatic N) is 1. The summed E-state index contributed by atoms with van der Waals surface area (Å²) in [4.78, 5) is 0. The van der Waals surface area contributed by atoms with Gasteiger partial charge in [0.2, 0.25) is 0 Å². The fourth-order valence-corrected chi connectivity index (χ4v) is 2.66. The van der Waals surface area contributed by atoms with Gasteiger partial charge in [-0.2, -0.15) is 0 Å². The van der Waals surface area contributed by atoms with Crippen LogP contribution in [-0.2, 0) is 0 Å². The maximum absolute atomic E-state index is 6.32.